The number of aromatic nitrogens is 1. The average molecular weight is 333 g/mol. The Balaban J connectivity index is 2.04. The molecule has 0 spiro atoms. The predicted octanol–water partition coefficient (Wildman–Crippen LogP) is 4.51. The van der Waals surface area contributed by atoms with E-state index in [0.29, 0.717) is 15.9 Å². The third-order valence-electron chi connectivity index (χ3n) is 2.90. The number of fused-ring (bicyclic) bond motifs is 1. The van der Waals surface area contributed by atoms with Crippen LogP contribution in [0.2, 0.25) is 0 Å². The number of benzene rings is 2. The highest BCUT2D eigenvalue weighted by Crippen LogP contribution is 2.34. The molecular formula is C15H10BrFN2O. The zero-order valence-electron chi connectivity index (χ0n) is 10.3. The fourth-order valence-corrected chi connectivity index (χ4v) is 2.25. The van der Waals surface area contributed by atoms with E-state index in [4.69, 9.17) is 10.5 Å². The first-order chi connectivity index (χ1) is 9.65. The SMILES string of the molecule is Nc1c(Oc2ccc(Br)cc2F)ccc2ncccc12. The molecule has 0 aliphatic carbocycles. The van der Waals surface area contributed by atoms with E-state index in [1.54, 1.807) is 36.5 Å². The van der Waals surface area contributed by atoms with E-state index >= 15 is 0 Å². The highest BCUT2D eigenvalue weighted by Gasteiger charge is 2.10. The zero-order valence-corrected chi connectivity index (χ0v) is 11.9. The van der Waals surface area contributed by atoms with Gasteiger partial charge >= 0.3 is 0 Å². The molecule has 0 unspecified atom stereocenters. The molecule has 1 heterocycles. The molecule has 0 fully saturated rings. The zero-order chi connectivity index (χ0) is 14.1. The van der Waals surface area contributed by atoms with Gasteiger partial charge in [-0.2, -0.15) is 0 Å². The molecule has 3 rings (SSSR count). The van der Waals surface area contributed by atoms with Crippen molar-refractivity contribution in [1.82, 2.24) is 4.98 Å². The quantitative estimate of drug-likeness (QED) is 0.702. The summed E-state index contributed by atoms with van der Waals surface area (Å²) in [6.07, 6.45) is 1.69. The lowest BCUT2D eigenvalue weighted by Gasteiger charge is -2.11. The van der Waals surface area contributed by atoms with Crippen molar-refractivity contribution >= 4 is 32.5 Å². The molecule has 2 N–H and O–H groups in total. The molecule has 0 aliphatic heterocycles. The Morgan fingerprint density at radius 3 is 2.70 bits per heavy atom. The number of rotatable bonds is 2. The van der Waals surface area contributed by atoms with Crippen molar-refractivity contribution in [2.24, 2.45) is 0 Å². The monoisotopic (exact) mass is 332 g/mol. The third-order valence-corrected chi connectivity index (χ3v) is 3.39. The first kappa shape index (κ1) is 12.9. The van der Waals surface area contributed by atoms with E-state index in [9.17, 15) is 4.39 Å². The summed E-state index contributed by atoms with van der Waals surface area (Å²) in [7, 11) is 0. The lowest BCUT2D eigenvalue weighted by Crippen LogP contribution is -1.95. The number of pyridine rings is 1. The Morgan fingerprint density at radius 2 is 1.90 bits per heavy atom. The molecule has 0 atom stereocenters. The van der Waals surface area contributed by atoms with Crippen LogP contribution in [0, 0.1) is 5.82 Å². The van der Waals surface area contributed by atoms with Gasteiger partial charge in [0.1, 0.15) is 0 Å². The van der Waals surface area contributed by atoms with Crippen LogP contribution in [0.1, 0.15) is 0 Å². The van der Waals surface area contributed by atoms with E-state index < -0.39 is 5.82 Å². The number of nitrogens with zero attached hydrogens (tertiary/aromatic N) is 1. The first-order valence-corrected chi connectivity index (χ1v) is 6.70. The molecule has 0 saturated carbocycles. The third kappa shape index (κ3) is 2.32. The van der Waals surface area contributed by atoms with E-state index in [2.05, 4.69) is 20.9 Å². The van der Waals surface area contributed by atoms with Crippen LogP contribution in [-0.2, 0) is 0 Å². The van der Waals surface area contributed by atoms with Gasteiger partial charge in [0, 0.05) is 16.1 Å². The molecule has 0 radical (unpaired) electrons. The average Bonchev–Trinajstić information content (AvgIpc) is 2.45. The molecule has 20 heavy (non-hydrogen) atoms. The smallest absolute Gasteiger partial charge is 0.166 e. The van der Waals surface area contributed by atoms with Gasteiger partial charge in [0.25, 0.3) is 0 Å². The van der Waals surface area contributed by atoms with Crippen LogP contribution in [-0.4, -0.2) is 4.98 Å². The molecule has 1 aromatic heterocycles. The van der Waals surface area contributed by atoms with Gasteiger partial charge in [-0.15, -0.1) is 0 Å². The highest BCUT2D eigenvalue weighted by atomic mass is 79.9. The van der Waals surface area contributed by atoms with Crippen LogP contribution < -0.4 is 10.5 Å². The van der Waals surface area contributed by atoms with Crippen molar-refractivity contribution < 1.29 is 9.13 Å². The summed E-state index contributed by atoms with van der Waals surface area (Å²) in [5.41, 5.74) is 7.26. The number of nitrogen functional groups attached to an aromatic ring is 1. The van der Waals surface area contributed by atoms with E-state index in [1.165, 1.54) is 6.07 Å². The van der Waals surface area contributed by atoms with Crippen molar-refractivity contribution in [2.75, 3.05) is 5.73 Å². The van der Waals surface area contributed by atoms with Crippen molar-refractivity contribution in [3.63, 3.8) is 0 Å². The summed E-state index contributed by atoms with van der Waals surface area (Å²) in [5, 5.41) is 0.780. The predicted molar refractivity (Wildman–Crippen MR) is 80.3 cm³/mol. The molecule has 100 valence electrons. The van der Waals surface area contributed by atoms with Crippen LogP contribution in [0.4, 0.5) is 10.1 Å². The van der Waals surface area contributed by atoms with Gasteiger partial charge in [-0.1, -0.05) is 15.9 Å². The van der Waals surface area contributed by atoms with Crippen molar-refractivity contribution in [3.05, 3.63) is 59.0 Å². The molecule has 0 bridgehead atoms. The van der Waals surface area contributed by atoms with Crippen LogP contribution in [0.3, 0.4) is 0 Å². The summed E-state index contributed by atoms with van der Waals surface area (Å²) in [5.74, 6) is 0.0833. The minimum Gasteiger partial charge on any atom is -0.452 e. The molecule has 5 heteroatoms. The second-order valence-corrected chi connectivity index (χ2v) is 5.14. The standard InChI is InChI=1S/C15H10BrFN2O/c16-9-3-5-13(11(17)8-9)20-14-6-4-12-10(15(14)18)2-1-7-19-12/h1-8H,18H2. The van der Waals surface area contributed by atoms with Crippen LogP contribution >= 0.6 is 15.9 Å². The van der Waals surface area contributed by atoms with Crippen LogP contribution in [0.15, 0.2) is 53.1 Å². The second kappa shape index (κ2) is 5.09. The molecule has 0 saturated heterocycles. The lowest BCUT2D eigenvalue weighted by molar-refractivity contribution is 0.444. The van der Waals surface area contributed by atoms with Gasteiger partial charge in [0.2, 0.25) is 0 Å². The first-order valence-electron chi connectivity index (χ1n) is 5.91. The number of nitrogens with two attached hydrogens (primary N) is 1. The van der Waals surface area contributed by atoms with Gasteiger partial charge in [-0.05, 0) is 42.5 Å². The number of ether oxygens (including phenoxy) is 1. The van der Waals surface area contributed by atoms with Gasteiger partial charge in [-0.25, -0.2) is 4.39 Å². The Labute approximate surface area is 123 Å². The normalized spacial score (nSPS) is 10.7. The van der Waals surface area contributed by atoms with Crippen molar-refractivity contribution in [2.45, 2.75) is 0 Å². The maximum atomic E-state index is 13.8. The van der Waals surface area contributed by atoms with Gasteiger partial charge in [0.15, 0.2) is 17.3 Å². The lowest BCUT2D eigenvalue weighted by atomic mass is 10.1. The molecule has 3 aromatic rings. The number of halogens is 2. The summed E-state index contributed by atoms with van der Waals surface area (Å²) in [6.45, 7) is 0. The number of anilines is 1. The van der Waals surface area contributed by atoms with Crippen LogP contribution in [0.5, 0.6) is 11.5 Å². The fourth-order valence-electron chi connectivity index (χ4n) is 1.92. The largest absolute Gasteiger partial charge is 0.452 e. The fraction of sp³-hybridized carbons (Fsp3) is 0. The van der Waals surface area contributed by atoms with E-state index in [0.717, 1.165) is 10.9 Å². The van der Waals surface area contributed by atoms with Gasteiger partial charge in [0.05, 0.1) is 11.2 Å². The van der Waals surface area contributed by atoms with Crippen LogP contribution in [0.25, 0.3) is 10.9 Å². The molecule has 2 aromatic carbocycles. The van der Waals surface area contributed by atoms with E-state index in [-0.39, 0.29) is 5.75 Å². The molecule has 3 nitrogen and oxygen atoms in total. The Hall–Kier alpha value is -2.14. The maximum Gasteiger partial charge on any atom is 0.166 e. The minimum atomic E-state index is -0.454. The number of hydrogen-bond donors (Lipinski definition) is 1. The topological polar surface area (TPSA) is 48.1 Å². The van der Waals surface area contributed by atoms with Gasteiger partial charge in [-0.3, -0.25) is 4.98 Å². The minimum absolute atomic E-state index is 0.128. The highest BCUT2D eigenvalue weighted by molar-refractivity contribution is 9.10. The second-order valence-electron chi connectivity index (χ2n) is 4.22. The summed E-state index contributed by atoms with van der Waals surface area (Å²) in [4.78, 5) is 4.20. The van der Waals surface area contributed by atoms with Crippen molar-refractivity contribution in [3.8, 4) is 11.5 Å². The van der Waals surface area contributed by atoms with Crippen molar-refractivity contribution in [1.29, 1.82) is 0 Å². The summed E-state index contributed by atoms with van der Waals surface area (Å²) < 4.78 is 20.0. The number of hydrogen-bond acceptors (Lipinski definition) is 3. The molecular weight excluding hydrogens is 323 g/mol. The summed E-state index contributed by atoms with van der Waals surface area (Å²) in [6, 6.07) is 11.7. The molecule has 0 aliphatic rings. The van der Waals surface area contributed by atoms with E-state index in [1.807, 2.05) is 6.07 Å². The Bertz CT molecular complexity index is 792. The maximum absolute atomic E-state index is 13.8. The Kier molecular flexibility index (Phi) is 3.28. The summed E-state index contributed by atoms with van der Waals surface area (Å²) >= 11 is 3.20. The van der Waals surface area contributed by atoms with Gasteiger partial charge < -0.3 is 10.5 Å². The Morgan fingerprint density at radius 1 is 1.10 bits per heavy atom. The molecule has 0 amide bonds.